The molecule has 1 aliphatic rings. The van der Waals surface area contributed by atoms with E-state index in [1.165, 1.54) is 11.1 Å². The van der Waals surface area contributed by atoms with Crippen molar-refractivity contribution in [2.75, 3.05) is 37.6 Å². The first-order chi connectivity index (χ1) is 13.0. The van der Waals surface area contributed by atoms with Crippen LogP contribution in [0.25, 0.3) is 16.8 Å². The second-order valence-electron chi connectivity index (χ2n) is 7.64. The summed E-state index contributed by atoms with van der Waals surface area (Å²) in [5, 5.41) is 4.69. The summed E-state index contributed by atoms with van der Waals surface area (Å²) < 4.78 is 2.00. The van der Waals surface area contributed by atoms with E-state index in [1.807, 2.05) is 10.7 Å². The highest BCUT2D eigenvalue weighted by atomic mass is 15.4. The van der Waals surface area contributed by atoms with E-state index in [1.54, 1.807) is 0 Å². The maximum absolute atomic E-state index is 4.80. The average Bonchev–Trinajstić information content (AvgIpc) is 3.05. The zero-order valence-electron chi connectivity index (χ0n) is 16.4. The van der Waals surface area contributed by atoms with E-state index in [9.17, 15) is 0 Å². The highest BCUT2D eigenvalue weighted by Gasteiger charge is 2.21. The number of benzene rings is 1. The van der Waals surface area contributed by atoms with E-state index in [0.29, 0.717) is 0 Å². The van der Waals surface area contributed by atoms with Gasteiger partial charge in [0.2, 0.25) is 0 Å². The van der Waals surface area contributed by atoms with Crippen molar-refractivity contribution in [2.24, 2.45) is 0 Å². The summed E-state index contributed by atoms with van der Waals surface area (Å²) in [6.07, 6.45) is 1.94. The fraction of sp³-hybridized carbons (Fsp3) is 0.364. The van der Waals surface area contributed by atoms with E-state index in [0.717, 1.165) is 61.0 Å². The van der Waals surface area contributed by atoms with Crippen LogP contribution >= 0.6 is 0 Å². The molecule has 0 N–H and O–H groups in total. The van der Waals surface area contributed by atoms with Gasteiger partial charge in [-0.05, 0) is 26.3 Å². The van der Waals surface area contributed by atoms with Crippen LogP contribution in [0, 0.1) is 13.8 Å². The van der Waals surface area contributed by atoms with Crippen molar-refractivity contribution in [1.82, 2.24) is 19.5 Å². The second-order valence-corrected chi connectivity index (χ2v) is 7.64. The predicted octanol–water partition coefficient (Wildman–Crippen LogP) is 3.71. The first-order valence-electron chi connectivity index (χ1n) is 9.55. The summed E-state index contributed by atoms with van der Waals surface area (Å²) in [5.41, 5.74) is 6.67. The number of rotatable bonds is 4. The van der Waals surface area contributed by atoms with E-state index in [-0.39, 0.29) is 0 Å². The zero-order chi connectivity index (χ0) is 19.0. The maximum Gasteiger partial charge on any atom is 0.165 e. The third-order valence-electron chi connectivity index (χ3n) is 5.13. The fourth-order valence-electron chi connectivity index (χ4n) is 3.74. The van der Waals surface area contributed by atoms with Gasteiger partial charge in [-0.3, -0.25) is 4.90 Å². The summed E-state index contributed by atoms with van der Waals surface area (Å²) in [4.78, 5) is 9.68. The number of hydrogen-bond acceptors (Lipinski definition) is 4. The molecule has 1 aromatic carbocycles. The smallest absolute Gasteiger partial charge is 0.165 e. The van der Waals surface area contributed by atoms with Crippen LogP contribution in [0.15, 0.2) is 48.7 Å². The molecular formula is C22H27N5. The van der Waals surface area contributed by atoms with E-state index < -0.39 is 0 Å². The third-order valence-corrected chi connectivity index (χ3v) is 5.13. The Labute approximate surface area is 160 Å². The Morgan fingerprint density at radius 3 is 2.44 bits per heavy atom. The molecular weight excluding hydrogens is 334 g/mol. The number of piperazine rings is 1. The largest absolute Gasteiger partial charge is 0.354 e. The van der Waals surface area contributed by atoms with Gasteiger partial charge >= 0.3 is 0 Å². The van der Waals surface area contributed by atoms with Crippen molar-refractivity contribution in [3.8, 4) is 11.1 Å². The molecule has 5 nitrogen and oxygen atoms in total. The summed E-state index contributed by atoms with van der Waals surface area (Å²) in [7, 11) is 0. The Bertz CT molecular complexity index is 962. The third kappa shape index (κ3) is 3.60. The lowest BCUT2D eigenvalue weighted by Gasteiger charge is -2.36. The highest BCUT2D eigenvalue weighted by Crippen LogP contribution is 2.27. The minimum atomic E-state index is 0.929. The van der Waals surface area contributed by atoms with Gasteiger partial charge in [-0.2, -0.15) is 9.61 Å². The van der Waals surface area contributed by atoms with Crippen LogP contribution in [0.4, 0.5) is 5.82 Å². The normalized spacial score (nSPS) is 15.4. The van der Waals surface area contributed by atoms with Gasteiger partial charge < -0.3 is 4.90 Å². The van der Waals surface area contributed by atoms with Crippen LogP contribution in [-0.4, -0.2) is 52.2 Å². The maximum atomic E-state index is 4.80. The molecule has 0 aliphatic carbocycles. The number of hydrogen-bond donors (Lipinski definition) is 0. The lowest BCUT2D eigenvalue weighted by Crippen LogP contribution is -2.47. The van der Waals surface area contributed by atoms with Gasteiger partial charge in [0, 0.05) is 50.0 Å². The molecule has 0 saturated carbocycles. The van der Waals surface area contributed by atoms with Gasteiger partial charge in [0.25, 0.3) is 0 Å². The molecule has 3 aromatic rings. The van der Waals surface area contributed by atoms with Crippen LogP contribution in [0.5, 0.6) is 0 Å². The van der Waals surface area contributed by atoms with Gasteiger partial charge in [-0.25, -0.2) is 4.98 Å². The van der Waals surface area contributed by atoms with E-state index in [2.05, 4.69) is 72.6 Å². The minimum Gasteiger partial charge on any atom is -0.354 e. The van der Waals surface area contributed by atoms with Crippen LogP contribution in [0.2, 0.25) is 0 Å². The number of anilines is 1. The predicted molar refractivity (Wildman–Crippen MR) is 111 cm³/mol. The minimum absolute atomic E-state index is 0.929. The Morgan fingerprint density at radius 1 is 1.07 bits per heavy atom. The summed E-state index contributed by atoms with van der Waals surface area (Å²) >= 11 is 0. The topological polar surface area (TPSA) is 36.7 Å². The summed E-state index contributed by atoms with van der Waals surface area (Å²) in [5.74, 6) is 1.13. The molecule has 0 spiro atoms. The number of nitrogens with zero attached hydrogens (tertiary/aromatic N) is 5. The first kappa shape index (κ1) is 17.7. The molecule has 1 saturated heterocycles. The fourth-order valence-corrected chi connectivity index (χ4v) is 3.74. The lowest BCUT2D eigenvalue weighted by molar-refractivity contribution is 0.277. The molecule has 27 heavy (non-hydrogen) atoms. The lowest BCUT2D eigenvalue weighted by atomic mass is 10.1. The van der Waals surface area contributed by atoms with Crippen molar-refractivity contribution >= 4 is 11.5 Å². The molecule has 1 fully saturated rings. The average molecular weight is 361 g/mol. The van der Waals surface area contributed by atoms with Gasteiger partial charge in [0.1, 0.15) is 5.82 Å². The molecule has 0 bridgehead atoms. The van der Waals surface area contributed by atoms with Gasteiger partial charge in [-0.1, -0.05) is 42.0 Å². The number of aromatic nitrogens is 3. The molecule has 0 amide bonds. The first-order valence-corrected chi connectivity index (χ1v) is 9.55. The van der Waals surface area contributed by atoms with Crippen molar-refractivity contribution in [2.45, 2.75) is 20.8 Å². The van der Waals surface area contributed by atoms with Gasteiger partial charge in [0.15, 0.2) is 5.65 Å². The molecule has 140 valence electrons. The molecule has 5 heteroatoms. The van der Waals surface area contributed by atoms with Crippen molar-refractivity contribution < 1.29 is 0 Å². The monoisotopic (exact) mass is 361 g/mol. The Kier molecular flexibility index (Phi) is 4.70. The molecule has 4 rings (SSSR count). The van der Waals surface area contributed by atoms with Crippen LogP contribution in [-0.2, 0) is 0 Å². The summed E-state index contributed by atoms with van der Waals surface area (Å²) in [6.45, 7) is 15.4. The van der Waals surface area contributed by atoms with E-state index >= 15 is 0 Å². The zero-order valence-corrected chi connectivity index (χ0v) is 16.4. The molecule has 0 unspecified atom stereocenters. The molecule has 0 atom stereocenters. The Hall–Kier alpha value is -2.66. The molecule has 0 radical (unpaired) electrons. The molecule has 3 heterocycles. The Morgan fingerprint density at radius 2 is 1.78 bits per heavy atom. The van der Waals surface area contributed by atoms with Gasteiger partial charge in [-0.15, -0.1) is 0 Å². The van der Waals surface area contributed by atoms with Crippen LogP contribution in [0.3, 0.4) is 0 Å². The Balaban J connectivity index is 1.66. The highest BCUT2D eigenvalue weighted by molar-refractivity contribution is 5.78. The quantitative estimate of drug-likeness (QED) is 0.664. The molecule has 2 aromatic heterocycles. The second kappa shape index (κ2) is 7.16. The van der Waals surface area contributed by atoms with Gasteiger partial charge in [0.05, 0.1) is 6.20 Å². The number of fused-ring (bicyclic) bond motifs is 1. The molecule has 1 aliphatic heterocycles. The SMILES string of the molecule is C=C(C)CN1CCN(c2cc(C)nc3c(-c4ccc(C)cc4)cnn23)CC1. The van der Waals surface area contributed by atoms with E-state index in [4.69, 9.17) is 4.98 Å². The van der Waals surface area contributed by atoms with Crippen molar-refractivity contribution in [3.05, 3.63) is 59.9 Å². The van der Waals surface area contributed by atoms with Crippen LogP contribution in [0.1, 0.15) is 18.2 Å². The standard InChI is InChI=1S/C22H27N5/c1-16(2)15-25-9-11-26(12-10-25)21-13-18(4)24-22-20(14-23-27(21)22)19-7-5-17(3)6-8-19/h5-8,13-14H,1,9-12,15H2,2-4H3. The van der Waals surface area contributed by atoms with Crippen LogP contribution < -0.4 is 4.90 Å². The van der Waals surface area contributed by atoms with Crippen molar-refractivity contribution in [1.29, 1.82) is 0 Å². The number of aryl methyl sites for hydroxylation is 2. The summed E-state index contributed by atoms with van der Waals surface area (Å²) in [6, 6.07) is 10.7. The van der Waals surface area contributed by atoms with Crippen molar-refractivity contribution in [3.63, 3.8) is 0 Å².